The molecule has 2 aliphatic rings. The second-order valence-corrected chi connectivity index (χ2v) is 6.61. The van der Waals surface area contributed by atoms with E-state index < -0.39 is 0 Å². The van der Waals surface area contributed by atoms with Crippen LogP contribution in [0.4, 0.5) is 0 Å². The Morgan fingerprint density at radius 3 is 3.00 bits per heavy atom. The van der Waals surface area contributed by atoms with E-state index in [1.54, 1.807) is 7.11 Å². The Morgan fingerprint density at radius 1 is 1.33 bits per heavy atom. The summed E-state index contributed by atoms with van der Waals surface area (Å²) in [5, 5.41) is 0. The van der Waals surface area contributed by atoms with Gasteiger partial charge in [-0.1, -0.05) is 30.3 Å². The maximum atomic E-state index is 6.20. The van der Waals surface area contributed by atoms with Crippen molar-refractivity contribution in [3.63, 3.8) is 0 Å². The fourth-order valence-electron chi connectivity index (χ4n) is 3.74. The van der Waals surface area contributed by atoms with Crippen molar-refractivity contribution in [1.29, 1.82) is 0 Å². The van der Waals surface area contributed by atoms with Crippen molar-refractivity contribution in [3.8, 4) is 0 Å². The predicted molar refractivity (Wildman–Crippen MR) is 84.5 cm³/mol. The number of benzene rings is 1. The second kappa shape index (κ2) is 6.91. The SMILES string of the molecule is COCC[C@H]1CO[C@]2(CCN(CCc3ccccc3)C2)C1. The third-order valence-electron chi connectivity index (χ3n) is 4.97. The van der Waals surface area contributed by atoms with Gasteiger partial charge in [-0.3, -0.25) is 0 Å². The first-order chi connectivity index (χ1) is 10.3. The van der Waals surface area contributed by atoms with Crippen LogP contribution in [0.2, 0.25) is 0 Å². The molecule has 0 bridgehead atoms. The summed E-state index contributed by atoms with van der Waals surface area (Å²) >= 11 is 0. The van der Waals surface area contributed by atoms with E-state index in [0.717, 1.165) is 39.1 Å². The van der Waals surface area contributed by atoms with E-state index in [9.17, 15) is 0 Å². The van der Waals surface area contributed by atoms with E-state index in [1.807, 2.05) is 0 Å². The Balaban J connectivity index is 1.45. The van der Waals surface area contributed by atoms with E-state index in [1.165, 1.54) is 24.9 Å². The van der Waals surface area contributed by atoms with Gasteiger partial charge in [-0.25, -0.2) is 0 Å². The molecule has 0 aromatic heterocycles. The normalized spacial score (nSPS) is 29.5. The van der Waals surface area contributed by atoms with Gasteiger partial charge in [0.05, 0.1) is 12.2 Å². The number of hydrogen-bond acceptors (Lipinski definition) is 3. The molecular formula is C18H27NO2. The molecule has 0 saturated carbocycles. The van der Waals surface area contributed by atoms with Gasteiger partial charge in [0.25, 0.3) is 0 Å². The lowest BCUT2D eigenvalue weighted by Gasteiger charge is -2.23. The lowest BCUT2D eigenvalue weighted by atomic mass is 9.92. The van der Waals surface area contributed by atoms with Crippen LogP contribution in [-0.2, 0) is 15.9 Å². The van der Waals surface area contributed by atoms with E-state index in [0.29, 0.717) is 5.92 Å². The average molecular weight is 289 g/mol. The molecular weight excluding hydrogens is 262 g/mol. The van der Waals surface area contributed by atoms with Crippen LogP contribution in [0, 0.1) is 5.92 Å². The summed E-state index contributed by atoms with van der Waals surface area (Å²) in [5.41, 5.74) is 1.58. The van der Waals surface area contributed by atoms with Crippen molar-refractivity contribution in [2.75, 3.05) is 40.0 Å². The summed E-state index contributed by atoms with van der Waals surface area (Å²) in [7, 11) is 1.78. The van der Waals surface area contributed by atoms with Crippen LogP contribution in [0.15, 0.2) is 30.3 Å². The van der Waals surface area contributed by atoms with Crippen LogP contribution >= 0.6 is 0 Å². The quantitative estimate of drug-likeness (QED) is 0.804. The third kappa shape index (κ3) is 3.85. The Hall–Kier alpha value is -0.900. The van der Waals surface area contributed by atoms with Crippen LogP contribution in [0.5, 0.6) is 0 Å². The van der Waals surface area contributed by atoms with Crippen LogP contribution < -0.4 is 0 Å². The number of ether oxygens (including phenoxy) is 2. The number of hydrogen-bond donors (Lipinski definition) is 0. The van der Waals surface area contributed by atoms with Crippen LogP contribution in [0.3, 0.4) is 0 Å². The molecule has 0 radical (unpaired) electrons. The smallest absolute Gasteiger partial charge is 0.0824 e. The fraction of sp³-hybridized carbons (Fsp3) is 0.667. The zero-order chi connectivity index (χ0) is 14.5. The maximum Gasteiger partial charge on any atom is 0.0824 e. The molecule has 2 atom stereocenters. The van der Waals surface area contributed by atoms with Gasteiger partial charge in [-0.15, -0.1) is 0 Å². The van der Waals surface area contributed by atoms with Crippen LogP contribution in [0.1, 0.15) is 24.8 Å². The summed E-state index contributed by atoms with van der Waals surface area (Å²) in [4.78, 5) is 2.58. The van der Waals surface area contributed by atoms with Gasteiger partial charge in [0.2, 0.25) is 0 Å². The minimum absolute atomic E-state index is 0.148. The van der Waals surface area contributed by atoms with Crippen molar-refractivity contribution in [2.24, 2.45) is 5.92 Å². The highest BCUT2D eigenvalue weighted by Crippen LogP contribution is 2.38. The van der Waals surface area contributed by atoms with Crippen molar-refractivity contribution in [3.05, 3.63) is 35.9 Å². The van der Waals surface area contributed by atoms with Gasteiger partial charge in [0, 0.05) is 33.4 Å². The lowest BCUT2D eigenvalue weighted by molar-refractivity contribution is 0.0114. The van der Waals surface area contributed by atoms with E-state index in [-0.39, 0.29) is 5.60 Å². The van der Waals surface area contributed by atoms with Crippen molar-refractivity contribution < 1.29 is 9.47 Å². The van der Waals surface area contributed by atoms with Crippen molar-refractivity contribution >= 4 is 0 Å². The molecule has 2 fully saturated rings. The lowest BCUT2D eigenvalue weighted by Crippen LogP contribution is -2.33. The van der Waals surface area contributed by atoms with Gasteiger partial charge in [-0.05, 0) is 37.2 Å². The van der Waals surface area contributed by atoms with E-state index in [4.69, 9.17) is 9.47 Å². The maximum absolute atomic E-state index is 6.20. The number of methoxy groups -OCH3 is 1. The highest BCUT2D eigenvalue weighted by Gasteiger charge is 2.44. The Morgan fingerprint density at radius 2 is 2.19 bits per heavy atom. The molecule has 3 heteroatoms. The van der Waals surface area contributed by atoms with Crippen molar-refractivity contribution in [2.45, 2.75) is 31.3 Å². The van der Waals surface area contributed by atoms with Crippen LogP contribution in [0.25, 0.3) is 0 Å². The summed E-state index contributed by atoms with van der Waals surface area (Å²) < 4.78 is 11.4. The first-order valence-corrected chi connectivity index (χ1v) is 8.19. The second-order valence-electron chi connectivity index (χ2n) is 6.61. The number of likely N-dealkylation sites (tertiary alicyclic amines) is 1. The molecule has 0 aliphatic carbocycles. The minimum Gasteiger partial charge on any atom is -0.385 e. The van der Waals surface area contributed by atoms with E-state index in [2.05, 4.69) is 35.2 Å². The fourth-order valence-corrected chi connectivity index (χ4v) is 3.74. The molecule has 2 heterocycles. The Bertz CT molecular complexity index is 436. The molecule has 1 aromatic rings. The Kier molecular flexibility index (Phi) is 4.94. The molecule has 3 rings (SSSR count). The largest absolute Gasteiger partial charge is 0.385 e. The average Bonchev–Trinajstić information content (AvgIpc) is 3.11. The zero-order valence-corrected chi connectivity index (χ0v) is 13.1. The van der Waals surface area contributed by atoms with Crippen LogP contribution in [-0.4, -0.2) is 50.5 Å². The van der Waals surface area contributed by atoms with Gasteiger partial charge in [-0.2, -0.15) is 0 Å². The molecule has 116 valence electrons. The number of nitrogens with zero attached hydrogens (tertiary/aromatic N) is 1. The minimum atomic E-state index is 0.148. The highest BCUT2D eigenvalue weighted by atomic mass is 16.5. The van der Waals surface area contributed by atoms with Crippen molar-refractivity contribution in [1.82, 2.24) is 4.90 Å². The molecule has 21 heavy (non-hydrogen) atoms. The molecule has 3 nitrogen and oxygen atoms in total. The monoisotopic (exact) mass is 289 g/mol. The third-order valence-corrected chi connectivity index (χ3v) is 4.97. The molecule has 1 aromatic carbocycles. The van der Waals surface area contributed by atoms with E-state index >= 15 is 0 Å². The molecule has 2 saturated heterocycles. The molecule has 2 aliphatic heterocycles. The zero-order valence-electron chi connectivity index (χ0n) is 13.1. The predicted octanol–water partition coefficient (Wildman–Crippen LogP) is 2.75. The molecule has 1 spiro atoms. The first kappa shape index (κ1) is 15.0. The van der Waals surface area contributed by atoms with Gasteiger partial charge in [0.1, 0.15) is 0 Å². The summed E-state index contributed by atoms with van der Waals surface area (Å²) in [6, 6.07) is 10.8. The molecule has 0 N–H and O–H groups in total. The van der Waals surface area contributed by atoms with Gasteiger partial charge >= 0.3 is 0 Å². The molecule has 0 amide bonds. The standard InChI is InChI=1S/C18H27NO2/c1-20-12-8-17-13-18(21-14-17)9-11-19(15-18)10-7-16-5-3-2-4-6-16/h2-6,17H,7-15H2,1H3/t17-,18-/m1/s1. The molecule has 0 unspecified atom stereocenters. The summed E-state index contributed by atoms with van der Waals surface area (Å²) in [6.45, 7) is 5.24. The van der Waals surface area contributed by atoms with Gasteiger partial charge in [0.15, 0.2) is 0 Å². The first-order valence-electron chi connectivity index (χ1n) is 8.19. The summed E-state index contributed by atoms with van der Waals surface area (Å²) in [5.74, 6) is 0.694. The summed E-state index contributed by atoms with van der Waals surface area (Å²) in [6.07, 6.45) is 4.70. The number of rotatable bonds is 6. The topological polar surface area (TPSA) is 21.7 Å². The van der Waals surface area contributed by atoms with Gasteiger partial charge < -0.3 is 14.4 Å². The Labute approximate surface area is 128 Å². The highest BCUT2D eigenvalue weighted by molar-refractivity contribution is 5.15.